The molecule has 1 saturated heterocycles. The Morgan fingerprint density at radius 2 is 2.00 bits per heavy atom. The van der Waals surface area contributed by atoms with Crippen LogP contribution in [0, 0.1) is 17.8 Å². The Bertz CT molecular complexity index is 386. The van der Waals surface area contributed by atoms with Gasteiger partial charge in [-0.1, -0.05) is 29.3 Å². The number of halogens is 1. The van der Waals surface area contributed by atoms with Crippen molar-refractivity contribution in [3.05, 3.63) is 23.3 Å². The van der Waals surface area contributed by atoms with Gasteiger partial charge in [0.25, 0.3) is 0 Å². The van der Waals surface area contributed by atoms with E-state index in [4.69, 9.17) is 21.1 Å². The summed E-state index contributed by atoms with van der Waals surface area (Å²) in [4.78, 5) is 0. The smallest absolute Gasteiger partial charge is 0.163 e. The fraction of sp³-hybridized carbons (Fsp3) is 0.714. The zero-order valence-electron chi connectivity index (χ0n) is 10.5. The van der Waals surface area contributed by atoms with Gasteiger partial charge in [-0.05, 0) is 33.1 Å². The average molecular weight is 255 g/mol. The van der Waals surface area contributed by atoms with Gasteiger partial charge in [-0.25, -0.2) is 0 Å². The van der Waals surface area contributed by atoms with Crippen LogP contribution in [0.4, 0.5) is 0 Å². The maximum atomic E-state index is 6.07. The standard InChI is InChI=1S/C14H19ClO2/c1-8(7-15)11-6-9-4-5-10(11)13-12(9)16-14(2,3)17-13/h4-5,7,9-13H,6H2,1-3H3/b8-7+/t9-,10+,11-,12-,13+/m0/s1. The lowest BCUT2D eigenvalue weighted by Crippen LogP contribution is -2.48. The Morgan fingerprint density at radius 1 is 1.29 bits per heavy atom. The van der Waals surface area contributed by atoms with Gasteiger partial charge in [-0.2, -0.15) is 0 Å². The molecule has 0 aromatic carbocycles. The third kappa shape index (κ3) is 1.78. The highest BCUT2D eigenvalue weighted by atomic mass is 35.5. The Morgan fingerprint density at radius 3 is 2.71 bits per heavy atom. The van der Waals surface area contributed by atoms with E-state index < -0.39 is 5.79 Å². The topological polar surface area (TPSA) is 18.5 Å². The fourth-order valence-corrected chi connectivity index (χ4v) is 3.69. The molecule has 2 bridgehead atoms. The number of fused-ring (bicyclic) bond motifs is 1. The molecule has 1 aliphatic heterocycles. The maximum Gasteiger partial charge on any atom is 0.163 e. The Labute approximate surface area is 108 Å². The molecule has 2 fully saturated rings. The van der Waals surface area contributed by atoms with Gasteiger partial charge in [-0.3, -0.25) is 0 Å². The summed E-state index contributed by atoms with van der Waals surface area (Å²) in [6.07, 6.45) is 6.17. The molecule has 0 N–H and O–H groups in total. The van der Waals surface area contributed by atoms with Crippen LogP contribution in [-0.2, 0) is 9.47 Å². The van der Waals surface area contributed by atoms with Gasteiger partial charge in [0.15, 0.2) is 5.79 Å². The van der Waals surface area contributed by atoms with Crippen molar-refractivity contribution >= 4 is 11.6 Å². The quantitative estimate of drug-likeness (QED) is 0.667. The van der Waals surface area contributed by atoms with E-state index in [1.807, 2.05) is 13.8 Å². The van der Waals surface area contributed by atoms with E-state index in [0.29, 0.717) is 17.8 Å². The van der Waals surface area contributed by atoms with Crippen molar-refractivity contribution in [2.75, 3.05) is 0 Å². The molecule has 0 spiro atoms. The van der Waals surface area contributed by atoms with E-state index in [0.717, 1.165) is 6.42 Å². The Balaban J connectivity index is 1.90. The summed E-state index contributed by atoms with van der Waals surface area (Å²) in [7, 11) is 0. The van der Waals surface area contributed by atoms with Gasteiger partial charge in [0, 0.05) is 17.4 Å². The molecule has 1 saturated carbocycles. The molecule has 3 aliphatic carbocycles. The van der Waals surface area contributed by atoms with Crippen molar-refractivity contribution in [1.29, 1.82) is 0 Å². The van der Waals surface area contributed by atoms with Crippen LogP contribution in [0.1, 0.15) is 27.2 Å². The third-order valence-corrected chi connectivity index (χ3v) is 4.64. The summed E-state index contributed by atoms with van der Waals surface area (Å²) in [5.74, 6) is 0.970. The monoisotopic (exact) mass is 254 g/mol. The molecule has 94 valence electrons. The first-order chi connectivity index (χ1) is 8.02. The number of ether oxygens (including phenoxy) is 2. The van der Waals surface area contributed by atoms with Crippen LogP contribution in [0.25, 0.3) is 0 Å². The second kappa shape index (κ2) is 3.84. The fourth-order valence-electron chi connectivity index (χ4n) is 3.53. The van der Waals surface area contributed by atoms with Gasteiger partial charge in [-0.15, -0.1) is 0 Å². The van der Waals surface area contributed by atoms with Gasteiger partial charge >= 0.3 is 0 Å². The second-order valence-corrected chi connectivity index (χ2v) is 6.10. The molecule has 0 aromatic heterocycles. The minimum Gasteiger partial charge on any atom is -0.344 e. The van der Waals surface area contributed by atoms with E-state index in [1.54, 1.807) is 5.54 Å². The van der Waals surface area contributed by atoms with Crippen molar-refractivity contribution in [1.82, 2.24) is 0 Å². The first-order valence-corrected chi connectivity index (χ1v) is 6.76. The number of hydrogen-bond donors (Lipinski definition) is 0. The first kappa shape index (κ1) is 11.8. The van der Waals surface area contributed by atoms with Crippen LogP contribution in [-0.4, -0.2) is 18.0 Å². The maximum absolute atomic E-state index is 6.07. The summed E-state index contributed by atoms with van der Waals surface area (Å²) in [5, 5.41) is 0. The van der Waals surface area contributed by atoms with E-state index in [9.17, 15) is 0 Å². The van der Waals surface area contributed by atoms with Crippen LogP contribution in [0.3, 0.4) is 0 Å². The van der Waals surface area contributed by atoms with Crippen molar-refractivity contribution in [2.24, 2.45) is 17.8 Å². The molecule has 0 radical (unpaired) electrons. The molecule has 5 atom stereocenters. The van der Waals surface area contributed by atoms with Gasteiger partial charge in [0.05, 0.1) is 12.2 Å². The zero-order chi connectivity index (χ0) is 12.2. The normalized spacial score (nSPS) is 47.3. The molecular weight excluding hydrogens is 236 g/mol. The number of allylic oxidation sites excluding steroid dienone is 1. The summed E-state index contributed by atoms with van der Waals surface area (Å²) < 4.78 is 12.1. The summed E-state index contributed by atoms with van der Waals surface area (Å²) in [5.41, 5.74) is 2.98. The molecule has 4 aliphatic rings. The molecule has 4 rings (SSSR count). The van der Waals surface area contributed by atoms with Crippen molar-refractivity contribution in [3.63, 3.8) is 0 Å². The van der Waals surface area contributed by atoms with E-state index in [2.05, 4.69) is 19.1 Å². The van der Waals surface area contributed by atoms with Gasteiger partial charge in [0.2, 0.25) is 0 Å². The molecule has 3 heteroatoms. The highest BCUT2D eigenvalue weighted by Gasteiger charge is 2.54. The Hall–Kier alpha value is -0.310. The van der Waals surface area contributed by atoms with Crippen molar-refractivity contribution in [2.45, 2.75) is 45.2 Å². The van der Waals surface area contributed by atoms with Crippen LogP contribution in [0.15, 0.2) is 23.3 Å². The van der Waals surface area contributed by atoms with Crippen LogP contribution >= 0.6 is 11.6 Å². The van der Waals surface area contributed by atoms with E-state index in [-0.39, 0.29) is 12.2 Å². The molecule has 0 amide bonds. The first-order valence-electron chi connectivity index (χ1n) is 6.33. The van der Waals surface area contributed by atoms with Gasteiger partial charge < -0.3 is 9.47 Å². The highest BCUT2D eigenvalue weighted by Crippen LogP contribution is 2.51. The van der Waals surface area contributed by atoms with Crippen molar-refractivity contribution < 1.29 is 9.47 Å². The third-order valence-electron chi connectivity index (χ3n) is 4.29. The van der Waals surface area contributed by atoms with Gasteiger partial charge in [0.1, 0.15) is 0 Å². The second-order valence-electron chi connectivity index (χ2n) is 5.89. The molecule has 1 heterocycles. The van der Waals surface area contributed by atoms with Crippen LogP contribution < -0.4 is 0 Å². The summed E-state index contributed by atoms with van der Waals surface area (Å²) in [6.45, 7) is 6.12. The van der Waals surface area contributed by atoms with Crippen LogP contribution in [0.2, 0.25) is 0 Å². The average Bonchev–Trinajstić information content (AvgIpc) is 2.65. The molecule has 17 heavy (non-hydrogen) atoms. The SMILES string of the molecule is C/C(=C\Cl)[C@@H]1C[C@@H]2C=C[C@H]1[C@H]1OC(C)(C)O[C@H]12. The van der Waals surface area contributed by atoms with E-state index >= 15 is 0 Å². The van der Waals surface area contributed by atoms with Crippen molar-refractivity contribution in [3.8, 4) is 0 Å². The number of hydrogen-bond acceptors (Lipinski definition) is 2. The lowest BCUT2D eigenvalue weighted by Gasteiger charge is -2.44. The molecule has 2 nitrogen and oxygen atoms in total. The largest absolute Gasteiger partial charge is 0.344 e. The van der Waals surface area contributed by atoms with Crippen LogP contribution in [0.5, 0.6) is 0 Å². The predicted molar refractivity (Wildman–Crippen MR) is 67.7 cm³/mol. The zero-order valence-corrected chi connectivity index (χ0v) is 11.3. The predicted octanol–water partition coefficient (Wildman–Crippen LogP) is 3.47. The molecular formula is C14H19ClO2. The summed E-state index contributed by atoms with van der Waals surface area (Å²) >= 11 is 5.86. The molecule has 0 aromatic rings. The lowest BCUT2D eigenvalue weighted by atomic mass is 9.64. The minimum atomic E-state index is -0.439. The summed E-state index contributed by atoms with van der Waals surface area (Å²) in [6, 6.07) is 0. The number of rotatable bonds is 1. The lowest BCUT2D eigenvalue weighted by molar-refractivity contribution is -0.148. The molecule has 0 unspecified atom stereocenters. The minimum absolute atomic E-state index is 0.199. The van der Waals surface area contributed by atoms with E-state index in [1.165, 1.54) is 5.57 Å². The highest BCUT2D eigenvalue weighted by molar-refractivity contribution is 6.25. The Kier molecular flexibility index (Phi) is 2.66.